The lowest BCUT2D eigenvalue weighted by atomic mass is 10.0. The van der Waals surface area contributed by atoms with E-state index >= 15 is 0 Å². The number of hydrogen-bond acceptors (Lipinski definition) is 3. The van der Waals surface area contributed by atoms with E-state index in [1.54, 1.807) is 0 Å². The summed E-state index contributed by atoms with van der Waals surface area (Å²) in [6.07, 6.45) is 2.32. The van der Waals surface area contributed by atoms with Crippen LogP contribution in [0.25, 0.3) is 0 Å². The molecule has 0 unspecified atom stereocenters. The molecule has 0 radical (unpaired) electrons. The Kier molecular flexibility index (Phi) is 1.99. The zero-order chi connectivity index (χ0) is 7.78. The first-order valence-corrected chi connectivity index (χ1v) is 3.60. The third kappa shape index (κ3) is 1.31. The number of rotatable bonds is 3. The van der Waals surface area contributed by atoms with E-state index in [1.165, 1.54) is 7.11 Å². The normalized spacial score (nSPS) is 20.1. The fraction of sp³-hybridized carbons (Fsp3) is 1.00. The Bertz CT molecular complexity index is 121. The molecule has 1 saturated carbocycles. The maximum Gasteiger partial charge on any atom is 0.0563 e. The predicted molar refractivity (Wildman–Crippen MR) is 39.0 cm³/mol. The third-order valence-corrected chi connectivity index (χ3v) is 2.21. The maximum absolute atomic E-state index is 11.0. The molecule has 0 amide bonds. The van der Waals surface area contributed by atoms with Gasteiger partial charge in [-0.05, 0) is 32.6 Å². The van der Waals surface area contributed by atoms with E-state index in [4.69, 9.17) is 0 Å². The van der Waals surface area contributed by atoms with Crippen molar-refractivity contribution in [3.8, 4) is 0 Å². The van der Waals surface area contributed by atoms with E-state index in [-0.39, 0.29) is 5.54 Å². The van der Waals surface area contributed by atoms with E-state index in [9.17, 15) is 5.21 Å². The van der Waals surface area contributed by atoms with Crippen LogP contribution in [-0.4, -0.2) is 17.9 Å². The van der Waals surface area contributed by atoms with Crippen molar-refractivity contribution in [1.29, 1.82) is 0 Å². The van der Waals surface area contributed by atoms with Gasteiger partial charge in [-0.1, -0.05) is 0 Å². The average molecular weight is 144 g/mol. The minimum atomic E-state index is -0.325. The van der Waals surface area contributed by atoms with Gasteiger partial charge in [0.25, 0.3) is 0 Å². The van der Waals surface area contributed by atoms with E-state index in [0.29, 0.717) is 11.1 Å². The van der Waals surface area contributed by atoms with E-state index < -0.39 is 0 Å². The molecule has 3 heteroatoms. The SMILES string of the molecule is CON([O-])C(C)(C)C1CC1. The fourth-order valence-corrected chi connectivity index (χ4v) is 1.17. The number of hydrogen-bond donors (Lipinski definition) is 0. The molecule has 10 heavy (non-hydrogen) atoms. The molecule has 0 heterocycles. The van der Waals surface area contributed by atoms with Crippen molar-refractivity contribution in [2.75, 3.05) is 7.11 Å². The van der Waals surface area contributed by atoms with Crippen molar-refractivity contribution < 1.29 is 4.84 Å². The summed E-state index contributed by atoms with van der Waals surface area (Å²) in [5.41, 5.74) is -0.325. The fourth-order valence-electron chi connectivity index (χ4n) is 1.17. The first kappa shape index (κ1) is 7.98. The van der Waals surface area contributed by atoms with Gasteiger partial charge in [-0.2, -0.15) is 0 Å². The van der Waals surface area contributed by atoms with Gasteiger partial charge in [0.1, 0.15) is 0 Å². The summed E-state index contributed by atoms with van der Waals surface area (Å²) in [6, 6.07) is 0. The molecule has 0 N–H and O–H groups in total. The van der Waals surface area contributed by atoms with E-state index in [1.807, 2.05) is 13.8 Å². The van der Waals surface area contributed by atoms with Gasteiger partial charge in [-0.3, -0.25) is 5.23 Å². The van der Waals surface area contributed by atoms with Crippen LogP contribution in [0.15, 0.2) is 0 Å². The lowest BCUT2D eigenvalue weighted by molar-refractivity contribution is -0.159. The van der Waals surface area contributed by atoms with Crippen LogP contribution in [0, 0.1) is 11.1 Å². The molecule has 0 aromatic heterocycles. The highest BCUT2D eigenvalue weighted by molar-refractivity contribution is 4.93. The highest BCUT2D eigenvalue weighted by Gasteiger charge is 2.39. The van der Waals surface area contributed by atoms with Gasteiger partial charge in [0.05, 0.1) is 7.11 Å². The molecular weight excluding hydrogens is 130 g/mol. The molecule has 1 fully saturated rings. The number of nitrogens with zero attached hydrogens (tertiary/aromatic N) is 1. The van der Waals surface area contributed by atoms with Crippen molar-refractivity contribution in [1.82, 2.24) is 5.23 Å². The van der Waals surface area contributed by atoms with Crippen molar-refractivity contribution in [3.63, 3.8) is 0 Å². The summed E-state index contributed by atoms with van der Waals surface area (Å²) in [5.74, 6) is 0.532. The average Bonchev–Trinajstić information content (AvgIpc) is 2.66. The summed E-state index contributed by atoms with van der Waals surface area (Å²) < 4.78 is 0. The summed E-state index contributed by atoms with van der Waals surface area (Å²) in [4.78, 5) is 4.59. The minimum absolute atomic E-state index is 0.325. The smallest absolute Gasteiger partial charge is 0.0563 e. The van der Waals surface area contributed by atoms with Crippen molar-refractivity contribution in [2.24, 2.45) is 5.92 Å². The quantitative estimate of drug-likeness (QED) is 0.563. The van der Waals surface area contributed by atoms with Crippen LogP contribution >= 0.6 is 0 Å². The van der Waals surface area contributed by atoms with Gasteiger partial charge in [0.2, 0.25) is 0 Å². The first-order chi connectivity index (χ1) is 4.59. The van der Waals surface area contributed by atoms with E-state index in [0.717, 1.165) is 12.8 Å². The zero-order valence-corrected chi connectivity index (χ0v) is 6.76. The Morgan fingerprint density at radius 3 is 2.30 bits per heavy atom. The third-order valence-electron chi connectivity index (χ3n) is 2.21. The lowest BCUT2D eigenvalue weighted by Gasteiger charge is -2.41. The Hall–Kier alpha value is -0.120. The predicted octanol–water partition coefficient (Wildman–Crippen LogP) is 1.54. The summed E-state index contributed by atoms with van der Waals surface area (Å²) in [5, 5.41) is 11.7. The molecule has 0 spiro atoms. The molecule has 0 bridgehead atoms. The van der Waals surface area contributed by atoms with Crippen LogP contribution in [0.2, 0.25) is 0 Å². The second-order valence-corrected chi connectivity index (χ2v) is 3.37. The van der Waals surface area contributed by atoms with Crippen LogP contribution < -0.4 is 0 Å². The van der Waals surface area contributed by atoms with Crippen LogP contribution in [0.4, 0.5) is 0 Å². The van der Waals surface area contributed by atoms with Crippen LogP contribution in [-0.2, 0) is 4.84 Å². The van der Waals surface area contributed by atoms with Crippen molar-refractivity contribution in [3.05, 3.63) is 5.21 Å². The molecule has 0 aliphatic heterocycles. The van der Waals surface area contributed by atoms with Crippen molar-refractivity contribution in [2.45, 2.75) is 32.2 Å². The summed E-state index contributed by atoms with van der Waals surface area (Å²) in [6.45, 7) is 3.84. The number of hydroxylamine groups is 2. The van der Waals surface area contributed by atoms with Crippen LogP contribution in [0.3, 0.4) is 0 Å². The summed E-state index contributed by atoms with van der Waals surface area (Å²) in [7, 11) is 1.41. The van der Waals surface area contributed by atoms with Gasteiger partial charge in [-0.25, -0.2) is 0 Å². The molecule has 0 aromatic carbocycles. The van der Waals surface area contributed by atoms with Gasteiger partial charge < -0.3 is 10.0 Å². The van der Waals surface area contributed by atoms with Gasteiger partial charge >= 0.3 is 0 Å². The second-order valence-electron chi connectivity index (χ2n) is 3.37. The molecule has 3 nitrogen and oxygen atoms in total. The van der Waals surface area contributed by atoms with Gasteiger partial charge in [-0.15, -0.1) is 0 Å². The van der Waals surface area contributed by atoms with Crippen LogP contribution in [0.5, 0.6) is 0 Å². The monoisotopic (exact) mass is 144 g/mol. The highest BCUT2D eigenvalue weighted by atomic mass is 16.9. The second kappa shape index (κ2) is 2.49. The molecule has 0 aromatic rings. The topological polar surface area (TPSA) is 35.5 Å². The molecule has 60 valence electrons. The molecule has 1 aliphatic rings. The molecule has 1 rings (SSSR count). The zero-order valence-electron chi connectivity index (χ0n) is 6.76. The molecular formula is C7H14NO2-. The molecule has 1 aliphatic carbocycles. The first-order valence-electron chi connectivity index (χ1n) is 3.60. The minimum Gasteiger partial charge on any atom is -0.762 e. The Morgan fingerprint density at radius 2 is 2.00 bits per heavy atom. The molecule has 0 saturated heterocycles. The standard InChI is InChI=1S/C7H14NO2/c1-7(2,6-4-5-6)8(9)10-3/h6H,4-5H2,1-3H3/q-1. The largest absolute Gasteiger partial charge is 0.762 e. The summed E-state index contributed by atoms with van der Waals surface area (Å²) >= 11 is 0. The molecule has 0 atom stereocenters. The van der Waals surface area contributed by atoms with Crippen LogP contribution in [0.1, 0.15) is 26.7 Å². The van der Waals surface area contributed by atoms with Crippen molar-refractivity contribution >= 4 is 0 Å². The van der Waals surface area contributed by atoms with Gasteiger partial charge in [0.15, 0.2) is 0 Å². The Morgan fingerprint density at radius 1 is 1.50 bits per heavy atom. The Balaban J connectivity index is 2.47. The maximum atomic E-state index is 11.0. The highest BCUT2D eigenvalue weighted by Crippen LogP contribution is 2.42. The van der Waals surface area contributed by atoms with Gasteiger partial charge in [0, 0.05) is 5.54 Å². The Labute approximate surface area is 61.5 Å². The lowest BCUT2D eigenvalue weighted by Crippen LogP contribution is -2.40. The van der Waals surface area contributed by atoms with E-state index in [2.05, 4.69) is 4.84 Å².